The van der Waals surface area contributed by atoms with Crippen molar-refractivity contribution in [2.24, 2.45) is 0 Å². The Labute approximate surface area is 125 Å². The summed E-state index contributed by atoms with van der Waals surface area (Å²) in [6.45, 7) is 1.68. The van der Waals surface area contributed by atoms with E-state index < -0.39 is 0 Å². The standard InChI is InChI=1S/C16H23N3O2/c1-17-11-15(20)18-14-9-10-19(12-14)16(21)8-7-13-5-3-2-4-6-13/h2-6,14,17H,7-12H2,1H3,(H,18,20). The van der Waals surface area contributed by atoms with Gasteiger partial charge in [0.25, 0.3) is 0 Å². The molecule has 0 aromatic heterocycles. The van der Waals surface area contributed by atoms with Crippen LogP contribution in [0.25, 0.3) is 0 Å². The first kappa shape index (κ1) is 15.5. The van der Waals surface area contributed by atoms with Gasteiger partial charge in [0.1, 0.15) is 0 Å². The van der Waals surface area contributed by atoms with Gasteiger partial charge in [-0.1, -0.05) is 30.3 Å². The molecule has 2 N–H and O–H groups in total. The van der Waals surface area contributed by atoms with Crippen LogP contribution in [0.1, 0.15) is 18.4 Å². The minimum absolute atomic E-state index is 0.0129. The number of nitrogens with one attached hydrogen (secondary N) is 2. The highest BCUT2D eigenvalue weighted by molar-refractivity contribution is 5.79. The Morgan fingerprint density at radius 3 is 2.76 bits per heavy atom. The van der Waals surface area contributed by atoms with Crippen molar-refractivity contribution in [1.82, 2.24) is 15.5 Å². The van der Waals surface area contributed by atoms with Crippen molar-refractivity contribution < 1.29 is 9.59 Å². The van der Waals surface area contributed by atoms with E-state index in [2.05, 4.69) is 10.6 Å². The van der Waals surface area contributed by atoms with Crippen LogP contribution >= 0.6 is 0 Å². The molecule has 2 amide bonds. The molecule has 5 nitrogen and oxygen atoms in total. The zero-order valence-corrected chi connectivity index (χ0v) is 12.5. The first-order valence-corrected chi connectivity index (χ1v) is 7.44. The highest BCUT2D eigenvalue weighted by atomic mass is 16.2. The van der Waals surface area contributed by atoms with E-state index in [-0.39, 0.29) is 17.9 Å². The molecule has 5 heteroatoms. The molecule has 1 heterocycles. The van der Waals surface area contributed by atoms with Crippen LogP contribution in [-0.2, 0) is 16.0 Å². The SMILES string of the molecule is CNCC(=O)NC1CCN(C(=O)CCc2ccccc2)C1. The molecule has 0 aliphatic carbocycles. The summed E-state index contributed by atoms with van der Waals surface area (Å²) in [5.41, 5.74) is 1.18. The number of aryl methyl sites for hydroxylation is 1. The van der Waals surface area contributed by atoms with Crippen LogP contribution in [0, 0.1) is 0 Å². The van der Waals surface area contributed by atoms with Gasteiger partial charge in [-0.25, -0.2) is 0 Å². The highest BCUT2D eigenvalue weighted by Gasteiger charge is 2.26. The number of likely N-dealkylation sites (tertiary alicyclic amines) is 1. The summed E-state index contributed by atoms with van der Waals surface area (Å²) in [4.78, 5) is 25.5. The van der Waals surface area contributed by atoms with Crippen molar-refractivity contribution in [2.75, 3.05) is 26.7 Å². The molecule has 1 aliphatic heterocycles. The maximum absolute atomic E-state index is 12.2. The lowest BCUT2D eigenvalue weighted by atomic mass is 10.1. The zero-order valence-electron chi connectivity index (χ0n) is 12.5. The first-order chi connectivity index (χ1) is 10.2. The summed E-state index contributed by atoms with van der Waals surface area (Å²) in [6, 6.07) is 10.1. The van der Waals surface area contributed by atoms with Gasteiger partial charge in [0.05, 0.1) is 6.54 Å². The number of carbonyl (C=O) groups is 2. The third-order valence-electron chi connectivity index (χ3n) is 3.71. The van der Waals surface area contributed by atoms with Crippen LogP contribution in [0.15, 0.2) is 30.3 Å². The molecule has 1 unspecified atom stereocenters. The molecule has 1 aromatic carbocycles. The molecule has 1 saturated heterocycles. The molecule has 2 rings (SSSR count). The molecular weight excluding hydrogens is 266 g/mol. The van der Waals surface area contributed by atoms with Gasteiger partial charge in [0, 0.05) is 25.6 Å². The van der Waals surface area contributed by atoms with Gasteiger partial charge in [-0.2, -0.15) is 0 Å². The van der Waals surface area contributed by atoms with Crippen molar-refractivity contribution >= 4 is 11.8 Å². The Balaban J connectivity index is 1.73. The predicted molar refractivity (Wildman–Crippen MR) is 81.8 cm³/mol. The minimum Gasteiger partial charge on any atom is -0.350 e. The Bertz CT molecular complexity index is 476. The number of amides is 2. The Hall–Kier alpha value is -1.88. The molecule has 0 radical (unpaired) electrons. The van der Waals surface area contributed by atoms with E-state index in [4.69, 9.17) is 0 Å². The van der Waals surface area contributed by atoms with E-state index in [1.54, 1.807) is 7.05 Å². The Morgan fingerprint density at radius 2 is 2.05 bits per heavy atom. The summed E-state index contributed by atoms with van der Waals surface area (Å²) >= 11 is 0. The van der Waals surface area contributed by atoms with Crippen LogP contribution in [0.3, 0.4) is 0 Å². The van der Waals surface area contributed by atoms with Crippen LogP contribution < -0.4 is 10.6 Å². The second-order valence-electron chi connectivity index (χ2n) is 5.41. The van der Waals surface area contributed by atoms with E-state index in [1.807, 2.05) is 35.2 Å². The quantitative estimate of drug-likeness (QED) is 0.804. The lowest BCUT2D eigenvalue weighted by Crippen LogP contribution is -2.41. The molecule has 21 heavy (non-hydrogen) atoms. The van der Waals surface area contributed by atoms with Crippen LogP contribution in [-0.4, -0.2) is 49.4 Å². The largest absolute Gasteiger partial charge is 0.350 e. The Morgan fingerprint density at radius 1 is 1.29 bits per heavy atom. The van der Waals surface area contributed by atoms with Gasteiger partial charge in [-0.05, 0) is 25.5 Å². The van der Waals surface area contributed by atoms with Gasteiger partial charge < -0.3 is 15.5 Å². The number of benzene rings is 1. The minimum atomic E-state index is -0.0129. The van der Waals surface area contributed by atoms with Crippen LogP contribution in [0.2, 0.25) is 0 Å². The lowest BCUT2D eigenvalue weighted by molar-refractivity contribution is -0.130. The van der Waals surface area contributed by atoms with Gasteiger partial charge in [0.15, 0.2) is 0 Å². The number of hydrogen-bond acceptors (Lipinski definition) is 3. The third kappa shape index (κ3) is 4.86. The molecule has 1 aromatic rings. The second-order valence-corrected chi connectivity index (χ2v) is 5.41. The van der Waals surface area contributed by atoms with E-state index in [0.717, 1.165) is 19.4 Å². The van der Waals surface area contributed by atoms with Crippen LogP contribution in [0.5, 0.6) is 0 Å². The number of hydrogen-bond donors (Lipinski definition) is 2. The van der Waals surface area contributed by atoms with Gasteiger partial charge in [-0.15, -0.1) is 0 Å². The molecule has 1 aliphatic rings. The van der Waals surface area contributed by atoms with Crippen molar-refractivity contribution in [1.29, 1.82) is 0 Å². The maximum atomic E-state index is 12.2. The van der Waals surface area contributed by atoms with Crippen LogP contribution in [0.4, 0.5) is 0 Å². The zero-order chi connectivity index (χ0) is 15.1. The summed E-state index contributed by atoms with van der Waals surface area (Å²) < 4.78 is 0. The fraction of sp³-hybridized carbons (Fsp3) is 0.500. The number of carbonyl (C=O) groups excluding carboxylic acids is 2. The molecule has 1 atom stereocenters. The fourth-order valence-electron chi connectivity index (χ4n) is 2.60. The van der Waals surface area contributed by atoms with Gasteiger partial charge in [0.2, 0.25) is 11.8 Å². The number of rotatable bonds is 6. The van der Waals surface area contributed by atoms with E-state index in [9.17, 15) is 9.59 Å². The summed E-state index contributed by atoms with van der Waals surface area (Å²) in [5.74, 6) is 0.158. The third-order valence-corrected chi connectivity index (χ3v) is 3.71. The van der Waals surface area contributed by atoms with E-state index in [0.29, 0.717) is 19.5 Å². The average Bonchev–Trinajstić information content (AvgIpc) is 2.94. The van der Waals surface area contributed by atoms with Gasteiger partial charge >= 0.3 is 0 Å². The molecule has 114 valence electrons. The second kappa shape index (κ2) is 7.78. The summed E-state index contributed by atoms with van der Waals surface area (Å²) in [7, 11) is 1.74. The summed E-state index contributed by atoms with van der Waals surface area (Å²) in [5, 5.41) is 5.76. The van der Waals surface area contributed by atoms with E-state index >= 15 is 0 Å². The smallest absolute Gasteiger partial charge is 0.234 e. The summed E-state index contributed by atoms with van der Waals surface area (Å²) in [6.07, 6.45) is 2.14. The topological polar surface area (TPSA) is 61.4 Å². The molecular formula is C16H23N3O2. The van der Waals surface area contributed by atoms with Crippen molar-refractivity contribution in [3.8, 4) is 0 Å². The number of nitrogens with zero attached hydrogens (tertiary/aromatic N) is 1. The van der Waals surface area contributed by atoms with E-state index in [1.165, 1.54) is 5.56 Å². The molecule has 0 saturated carbocycles. The van der Waals surface area contributed by atoms with Gasteiger partial charge in [-0.3, -0.25) is 9.59 Å². The monoisotopic (exact) mass is 289 g/mol. The normalized spacial score (nSPS) is 17.8. The maximum Gasteiger partial charge on any atom is 0.234 e. The number of likely N-dealkylation sites (N-methyl/N-ethyl adjacent to an activating group) is 1. The average molecular weight is 289 g/mol. The molecule has 0 spiro atoms. The van der Waals surface area contributed by atoms with Crippen molar-refractivity contribution in [2.45, 2.75) is 25.3 Å². The lowest BCUT2D eigenvalue weighted by Gasteiger charge is -2.17. The highest BCUT2D eigenvalue weighted by Crippen LogP contribution is 2.12. The fourth-order valence-corrected chi connectivity index (χ4v) is 2.60. The Kier molecular flexibility index (Phi) is 5.75. The first-order valence-electron chi connectivity index (χ1n) is 7.44. The molecule has 1 fully saturated rings. The van der Waals surface area contributed by atoms with Crippen molar-refractivity contribution in [3.05, 3.63) is 35.9 Å². The van der Waals surface area contributed by atoms with Crippen molar-refractivity contribution in [3.63, 3.8) is 0 Å². The molecule has 0 bridgehead atoms. The predicted octanol–water partition coefficient (Wildman–Crippen LogP) is 0.556.